The van der Waals surface area contributed by atoms with E-state index in [1.165, 1.54) is 6.07 Å². The number of hydrogen-bond acceptors (Lipinski definition) is 3. The molecule has 1 amide bonds. The van der Waals surface area contributed by atoms with Crippen molar-refractivity contribution in [1.82, 2.24) is 0 Å². The van der Waals surface area contributed by atoms with Crippen LogP contribution in [0.15, 0.2) is 16.6 Å². The highest BCUT2D eigenvalue weighted by Gasteiger charge is 2.28. The number of hydrogen-bond donors (Lipinski definition) is 2. The summed E-state index contributed by atoms with van der Waals surface area (Å²) in [6.45, 7) is 0. The third-order valence-electron chi connectivity index (χ3n) is 1.84. The number of fused-ring (bicyclic) bond motifs is 1. The van der Waals surface area contributed by atoms with Crippen LogP contribution in [-0.2, 0) is 4.79 Å². The Kier molecular flexibility index (Phi) is 1.63. The molecular weight excluding hydrogens is 236 g/mol. The van der Waals surface area contributed by atoms with E-state index >= 15 is 0 Å². The van der Waals surface area contributed by atoms with Crippen molar-refractivity contribution in [3.05, 3.63) is 22.2 Å². The predicted octanol–water partition coefficient (Wildman–Crippen LogP) is 1.17. The lowest BCUT2D eigenvalue weighted by Gasteiger charge is -2.00. The molecule has 2 rings (SSSR count). The van der Waals surface area contributed by atoms with Gasteiger partial charge in [0.15, 0.2) is 0 Å². The molecule has 3 N–H and O–H groups in total. The molecule has 66 valence electrons. The van der Waals surface area contributed by atoms with Crippen molar-refractivity contribution >= 4 is 39.0 Å². The van der Waals surface area contributed by atoms with Crippen molar-refractivity contribution in [2.75, 3.05) is 11.1 Å². The lowest BCUT2D eigenvalue weighted by molar-refractivity contribution is -0.112. The minimum absolute atomic E-state index is 0.339. The monoisotopic (exact) mass is 240 g/mol. The van der Waals surface area contributed by atoms with E-state index in [1.54, 1.807) is 6.07 Å². The maximum Gasteiger partial charge on any atom is 0.296 e. The van der Waals surface area contributed by atoms with Gasteiger partial charge < -0.3 is 11.1 Å². The van der Waals surface area contributed by atoms with Crippen LogP contribution >= 0.6 is 15.9 Å². The highest BCUT2D eigenvalue weighted by molar-refractivity contribution is 9.10. The number of ketones is 1. The molecular formula is C8H5BrN2O2. The first kappa shape index (κ1) is 8.25. The van der Waals surface area contributed by atoms with Crippen LogP contribution in [-0.4, -0.2) is 11.7 Å². The van der Waals surface area contributed by atoms with Gasteiger partial charge in [-0.05, 0) is 28.1 Å². The number of halogens is 1. The molecule has 0 radical (unpaired) electrons. The Morgan fingerprint density at radius 1 is 1.31 bits per heavy atom. The quantitative estimate of drug-likeness (QED) is 0.528. The first-order chi connectivity index (χ1) is 6.09. The number of rotatable bonds is 0. The predicted molar refractivity (Wildman–Crippen MR) is 51.5 cm³/mol. The molecule has 1 heterocycles. The number of anilines is 2. The number of carbonyl (C=O) groups is 2. The second kappa shape index (κ2) is 2.56. The van der Waals surface area contributed by atoms with Gasteiger partial charge in [0.1, 0.15) is 0 Å². The van der Waals surface area contributed by atoms with Crippen LogP contribution in [0.4, 0.5) is 11.4 Å². The van der Waals surface area contributed by atoms with Crippen LogP contribution in [0.5, 0.6) is 0 Å². The van der Waals surface area contributed by atoms with E-state index in [2.05, 4.69) is 21.2 Å². The standard InChI is InChI=1S/C8H5BrN2O2/c9-4-2-6-3(1-5(4)10)7(12)8(13)11-6/h1-2H,10H2,(H,11,12,13). The summed E-state index contributed by atoms with van der Waals surface area (Å²) in [5, 5.41) is 2.44. The van der Waals surface area contributed by atoms with Gasteiger partial charge in [-0.3, -0.25) is 9.59 Å². The third-order valence-corrected chi connectivity index (χ3v) is 2.52. The summed E-state index contributed by atoms with van der Waals surface area (Å²) < 4.78 is 0.668. The summed E-state index contributed by atoms with van der Waals surface area (Å²) in [7, 11) is 0. The van der Waals surface area contributed by atoms with Gasteiger partial charge in [0.2, 0.25) is 0 Å². The van der Waals surface area contributed by atoms with E-state index in [9.17, 15) is 9.59 Å². The molecule has 0 aliphatic carbocycles. The van der Waals surface area contributed by atoms with Crippen LogP contribution in [0.25, 0.3) is 0 Å². The Labute approximate surface area is 82.2 Å². The van der Waals surface area contributed by atoms with Crippen LogP contribution in [0, 0.1) is 0 Å². The van der Waals surface area contributed by atoms with Gasteiger partial charge in [-0.25, -0.2) is 0 Å². The van der Waals surface area contributed by atoms with E-state index in [4.69, 9.17) is 5.73 Å². The van der Waals surface area contributed by atoms with E-state index in [0.717, 1.165) is 0 Å². The average molecular weight is 241 g/mol. The Bertz CT molecular complexity index is 428. The molecule has 13 heavy (non-hydrogen) atoms. The Balaban J connectivity index is 2.66. The van der Waals surface area contributed by atoms with Crippen molar-refractivity contribution < 1.29 is 9.59 Å². The number of nitrogens with two attached hydrogens (primary N) is 1. The van der Waals surface area contributed by atoms with Gasteiger partial charge in [-0.15, -0.1) is 0 Å². The zero-order valence-electron chi connectivity index (χ0n) is 6.43. The molecule has 1 aromatic rings. The minimum Gasteiger partial charge on any atom is -0.398 e. The first-order valence-corrected chi connectivity index (χ1v) is 4.33. The van der Waals surface area contributed by atoms with Crippen LogP contribution in [0.1, 0.15) is 10.4 Å². The second-order valence-corrected chi connectivity index (χ2v) is 3.56. The summed E-state index contributed by atoms with van der Waals surface area (Å²) in [5.41, 5.74) is 6.86. The zero-order valence-corrected chi connectivity index (χ0v) is 8.01. The Morgan fingerprint density at radius 2 is 2.00 bits per heavy atom. The van der Waals surface area contributed by atoms with Crippen molar-refractivity contribution in [2.45, 2.75) is 0 Å². The van der Waals surface area contributed by atoms with Crippen LogP contribution in [0.2, 0.25) is 0 Å². The van der Waals surface area contributed by atoms with Gasteiger partial charge in [0.05, 0.1) is 11.3 Å². The Hall–Kier alpha value is -1.36. The van der Waals surface area contributed by atoms with Crippen molar-refractivity contribution in [3.8, 4) is 0 Å². The summed E-state index contributed by atoms with van der Waals surface area (Å²) >= 11 is 3.20. The summed E-state index contributed by atoms with van der Waals surface area (Å²) in [6.07, 6.45) is 0. The van der Waals surface area contributed by atoms with Crippen molar-refractivity contribution in [2.24, 2.45) is 0 Å². The Morgan fingerprint density at radius 3 is 2.69 bits per heavy atom. The lowest BCUT2D eigenvalue weighted by Crippen LogP contribution is -2.12. The summed E-state index contributed by atoms with van der Waals surface area (Å²) in [5.74, 6) is -1.14. The van der Waals surface area contributed by atoms with Crippen molar-refractivity contribution in [1.29, 1.82) is 0 Å². The molecule has 0 bridgehead atoms. The minimum atomic E-state index is -0.604. The van der Waals surface area contributed by atoms with Crippen molar-refractivity contribution in [3.63, 3.8) is 0 Å². The van der Waals surface area contributed by atoms with E-state index in [0.29, 0.717) is 21.4 Å². The molecule has 0 atom stereocenters. The maximum absolute atomic E-state index is 11.2. The molecule has 1 aromatic carbocycles. The smallest absolute Gasteiger partial charge is 0.296 e. The molecule has 0 aromatic heterocycles. The van der Waals surface area contributed by atoms with Gasteiger partial charge in [-0.2, -0.15) is 0 Å². The topological polar surface area (TPSA) is 72.2 Å². The average Bonchev–Trinajstić information content (AvgIpc) is 2.32. The molecule has 1 aliphatic rings. The van der Waals surface area contributed by atoms with Crippen LogP contribution < -0.4 is 11.1 Å². The molecule has 0 spiro atoms. The molecule has 0 saturated heterocycles. The third kappa shape index (κ3) is 1.12. The van der Waals surface area contributed by atoms with Crippen LogP contribution in [0.3, 0.4) is 0 Å². The number of amides is 1. The fourth-order valence-electron chi connectivity index (χ4n) is 1.18. The molecule has 1 aliphatic heterocycles. The maximum atomic E-state index is 11.2. The number of benzene rings is 1. The van der Waals surface area contributed by atoms with E-state index in [1.807, 2.05) is 0 Å². The fourth-order valence-corrected chi connectivity index (χ4v) is 1.53. The lowest BCUT2D eigenvalue weighted by atomic mass is 10.1. The molecule has 0 saturated carbocycles. The number of nitrogens with one attached hydrogen (secondary N) is 1. The van der Waals surface area contributed by atoms with Gasteiger partial charge in [-0.1, -0.05) is 0 Å². The molecule has 5 heteroatoms. The molecule has 0 fully saturated rings. The number of Topliss-reactive ketones (excluding diaryl/α,β-unsaturated/α-hetero) is 1. The summed E-state index contributed by atoms with van der Waals surface area (Å²) in [6, 6.07) is 3.10. The first-order valence-electron chi connectivity index (χ1n) is 3.54. The molecule has 0 unspecified atom stereocenters. The second-order valence-electron chi connectivity index (χ2n) is 2.70. The van der Waals surface area contributed by atoms with Gasteiger partial charge in [0.25, 0.3) is 11.7 Å². The van der Waals surface area contributed by atoms with E-state index in [-0.39, 0.29) is 0 Å². The number of carbonyl (C=O) groups excluding carboxylic acids is 2. The zero-order chi connectivity index (χ0) is 9.59. The van der Waals surface area contributed by atoms with Gasteiger partial charge in [0, 0.05) is 10.2 Å². The molecule has 4 nitrogen and oxygen atoms in total. The highest BCUT2D eigenvalue weighted by Crippen LogP contribution is 2.31. The highest BCUT2D eigenvalue weighted by atomic mass is 79.9. The van der Waals surface area contributed by atoms with Gasteiger partial charge >= 0.3 is 0 Å². The SMILES string of the molecule is Nc1cc2c(cc1Br)NC(=O)C2=O. The fraction of sp³-hybridized carbons (Fsp3) is 0. The largest absolute Gasteiger partial charge is 0.398 e. The number of nitrogen functional groups attached to an aromatic ring is 1. The normalized spacial score (nSPS) is 14.2. The summed E-state index contributed by atoms with van der Waals surface area (Å²) in [4.78, 5) is 22.1. The van der Waals surface area contributed by atoms with E-state index < -0.39 is 11.7 Å².